The van der Waals surface area contributed by atoms with Gasteiger partial charge in [-0.05, 0) is 60.8 Å². The third-order valence-electron chi connectivity index (χ3n) is 4.93. The number of hydrogen-bond acceptors (Lipinski definition) is 3. The third kappa shape index (κ3) is 3.33. The Bertz CT molecular complexity index is 895. The van der Waals surface area contributed by atoms with Gasteiger partial charge in [0, 0.05) is 18.0 Å². The van der Waals surface area contributed by atoms with Crippen molar-refractivity contribution in [3.63, 3.8) is 0 Å². The van der Waals surface area contributed by atoms with Crippen LogP contribution in [0.4, 0.5) is 4.39 Å². The van der Waals surface area contributed by atoms with Gasteiger partial charge < -0.3 is 10.1 Å². The molecule has 4 heteroatoms. The normalized spacial score (nSPS) is 17.2. The van der Waals surface area contributed by atoms with Gasteiger partial charge in [-0.2, -0.15) is 0 Å². The molecular formula is C22H21FN2O. The minimum absolute atomic E-state index is 0.0382. The van der Waals surface area contributed by atoms with Crippen LogP contribution < -0.4 is 10.1 Å². The van der Waals surface area contributed by atoms with Crippen molar-refractivity contribution in [1.82, 2.24) is 10.3 Å². The van der Waals surface area contributed by atoms with Gasteiger partial charge in [-0.15, -0.1) is 0 Å². The van der Waals surface area contributed by atoms with Gasteiger partial charge in [0.05, 0.1) is 6.04 Å². The summed E-state index contributed by atoms with van der Waals surface area (Å²) in [6, 6.07) is 16.8. The maximum absolute atomic E-state index is 13.2. The number of hydrogen-bond donors (Lipinski definition) is 1. The summed E-state index contributed by atoms with van der Waals surface area (Å²) in [5, 5.41) is 3.38. The Hall–Kier alpha value is -2.72. The Morgan fingerprint density at radius 2 is 1.88 bits per heavy atom. The smallest absolute Gasteiger partial charge is 0.123 e. The van der Waals surface area contributed by atoms with Crippen LogP contribution in [0.5, 0.6) is 5.75 Å². The first-order chi connectivity index (χ1) is 12.7. The lowest BCUT2D eigenvalue weighted by atomic mass is 9.93. The van der Waals surface area contributed by atoms with Crippen LogP contribution in [0.2, 0.25) is 0 Å². The average molecular weight is 348 g/mol. The first-order valence-corrected chi connectivity index (χ1v) is 8.87. The summed E-state index contributed by atoms with van der Waals surface area (Å²) >= 11 is 0. The molecule has 2 aromatic carbocycles. The second-order valence-electron chi connectivity index (χ2n) is 6.58. The number of aryl methyl sites for hydroxylation is 1. The number of benzene rings is 2. The van der Waals surface area contributed by atoms with Gasteiger partial charge in [0.25, 0.3) is 0 Å². The molecule has 1 aliphatic rings. The molecule has 0 amide bonds. The standard InChI is InChI=1S/C22H21FN2O/c1-24-22(21-11-8-16-4-2-3-5-20(16)26-21)18-12-17(13-25-14-18)15-6-9-19(23)10-7-15/h2-7,9-10,12-14,21-22,24H,8,11H2,1H3. The minimum atomic E-state index is -0.236. The number of nitrogens with zero attached hydrogens (tertiary/aromatic N) is 1. The van der Waals surface area contributed by atoms with Gasteiger partial charge in [0.1, 0.15) is 17.7 Å². The molecule has 0 saturated heterocycles. The Morgan fingerprint density at radius 3 is 2.69 bits per heavy atom. The van der Waals surface area contributed by atoms with E-state index in [1.807, 2.05) is 31.4 Å². The monoisotopic (exact) mass is 348 g/mol. The molecule has 26 heavy (non-hydrogen) atoms. The fourth-order valence-corrected chi connectivity index (χ4v) is 3.58. The highest BCUT2D eigenvalue weighted by Gasteiger charge is 2.28. The fraction of sp³-hybridized carbons (Fsp3) is 0.227. The first-order valence-electron chi connectivity index (χ1n) is 8.87. The van der Waals surface area contributed by atoms with E-state index in [2.05, 4.69) is 22.4 Å². The summed E-state index contributed by atoms with van der Waals surface area (Å²) in [5.74, 6) is 0.729. The van der Waals surface area contributed by atoms with E-state index in [-0.39, 0.29) is 18.0 Å². The van der Waals surface area contributed by atoms with Crippen LogP contribution in [0.1, 0.15) is 23.6 Å². The summed E-state index contributed by atoms with van der Waals surface area (Å²) in [6.07, 6.45) is 5.67. The Kier molecular flexibility index (Phi) is 4.67. The quantitative estimate of drug-likeness (QED) is 0.751. The van der Waals surface area contributed by atoms with Gasteiger partial charge in [-0.1, -0.05) is 30.3 Å². The lowest BCUT2D eigenvalue weighted by Gasteiger charge is -2.32. The minimum Gasteiger partial charge on any atom is -0.488 e. The highest BCUT2D eigenvalue weighted by molar-refractivity contribution is 5.63. The number of nitrogens with one attached hydrogen (secondary N) is 1. The van der Waals surface area contributed by atoms with Crippen molar-refractivity contribution in [2.75, 3.05) is 7.05 Å². The molecule has 3 aromatic rings. The molecule has 0 spiro atoms. The summed E-state index contributed by atoms with van der Waals surface area (Å²) < 4.78 is 19.4. The van der Waals surface area contributed by atoms with E-state index >= 15 is 0 Å². The van der Waals surface area contributed by atoms with Crippen molar-refractivity contribution in [2.45, 2.75) is 25.0 Å². The van der Waals surface area contributed by atoms with Crippen molar-refractivity contribution in [1.29, 1.82) is 0 Å². The van der Waals surface area contributed by atoms with Crippen LogP contribution in [-0.4, -0.2) is 18.1 Å². The lowest BCUT2D eigenvalue weighted by Crippen LogP contribution is -2.36. The number of para-hydroxylation sites is 1. The van der Waals surface area contributed by atoms with Crippen molar-refractivity contribution in [3.8, 4) is 16.9 Å². The Balaban J connectivity index is 1.61. The van der Waals surface area contributed by atoms with Crippen molar-refractivity contribution in [2.24, 2.45) is 0 Å². The maximum atomic E-state index is 13.2. The zero-order chi connectivity index (χ0) is 17.9. The average Bonchev–Trinajstić information content (AvgIpc) is 2.69. The van der Waals surface area contributed by atoms with Crippen LogP contribution in [-0.2, 0) is 6.42 Å². The van der Waals surface area contributed by atoms with Crippen molar-refractivity contribution < 1.29 is 9.13 Å². The van der Waals surface area contributed by atoms with Crippen molar-refractivity contribution >= 4 is 0 Å². The molecule has 132 valence electrons. The van der Waals surface area contributed by atoms with Crippen LogP contribution in [0.3, 0.4) is 0 Å². The highest BCUT2D eigenvalue weighted by atomic mass is 19.1. The fourth-order valence-electron chi connectivity index (χ4n) is 3.58. The lowest BCUT2D eigenvalue weighted by molar-refractivity contribution is 0.132. The van der Waals surface area contributed by atoms with E-state index in [4.69, 9.17) is 4.74 Å². The molecule has 0 radical (unpaired) electrons. The number of fused-ring (bicyclic) bond motifs is 1. The third-order valence-corrected chi connectivity index (χ3v) is 4.93. The van der Waals surface area contributed by atoms with E-state index < -0.39 is 0 Å². The number of likely N-dealkylation sites (N-methyl/N-ethyl adjacent to an activating group) is 1. The Morgan fingerprint density at radius 1 is 1.08 bits per heavy atom. The zero-order valence-corrected chi connectivity index (χ0v) is 14.7. The Labute approximate surface area is 152 Å². The molecule has 1 aromatic heterocycles. The van der Waals surface area contributed by atoms with E-state index in [0.29, 0.717) is 0 Å². The van der Waals surface area contributed by atoms with E-state index in [9.17, 15) is 4.39 Å². The molecular weight excluding hydrogens is 327 g/mol. The summed E-state index contributed by atoms with van der Waals surface area (Å²) in [7, 11) is 1.94. The SMILES string of the molecule is CNC(c1cncc(-c2ccc(F)cc2)c1)C1CCc2ccccc2O1. The van der Waals surface area contributed by atoms with Gasteiger partial charge >= 0.3 is 0 Å². The topological polar surface area (TPSA) is 34.2 Å². The molecule has 0 bridgehead atoms. The predicted molar refractivity (Wildman–Crippen MR) is 101 cm³/mol. The number of rotatable bonds is 4. The van der Waals surface area contributed by atoms with Gasteiger partial charge in [-0.25, -0.2) is 4.39 Å². The molecule has 2 heterocycles. The van der Waals surface area contributed by atoms with E-state index in [1.165, 1.54) is 17.7 Å². The number of pyridine rings is 1. The van der Waals surface area contributed by atoms with Gasteiger partial charge in [0.2, 0.25) is 0 Å². The van der Waals surface area contributed by atoms with Crippen LogP contribution in [0.15, 0.2) is 67.0 Å². The maximum Gasteiger partial charge on any atom is 0.123 e. The van der Waals surface area contributed by atoms with Gasteiger partial charge in [-0.3, -0.25) is 4.98 Å². The summed E-state index contributed by atoms with van der Waals surface area (Å²) in [6.45, 7) is 0. The summed E-state index contributed by atoms with van der Waals surface area (Å²) in [5.41, 5.74) is 4.25. The van der Waals surface area contributed by atoms with E-state index in [1.54, 1.807) is 18.3 Å². The molecule has 1 N–H and O–H groups in total. The number of aromatic nitrogens is 1. The number of halogens is 1. The molecule has 0 saturated carbocycles. The second-order valence-corrected chi connectivity index (χ2v) is 6.58. The summed E-state index contributed by atoms with van der Waals surface area (Å²) in [4.78, 5) is 4.40. The molecule has 0 fully saturated rings. The zero-order valence-electron chi connectivity index (χ0n) is 14.7. The van der Waals surface area contributed by atoms with E-state index in [0.717, 1.165) is 35.3 Å². The highest BCUT2D eigenvalue weighted by Crippen LogP contribution is 2.33. The molecule has 2 unspecified atom stereocenters. The molecule has 3 nitrogen and oxygen atoms in total. The largest absolute Gasteiger partial charge is 0.488 e. The first kappa shape index (κ1) is 16.7. The van der Waals surface area contributed by atoms with Crippen LogP contribution >= 0.6 is 0 Å². The number of ether oxygens (including phenoxy) is 1. The van der Waals surface area contributed by atoms with Crippen molar-refractivity contribution in [3.05, 3.63) is 83.9 Å². The molecule has 4 rings (SSSR count). The second kappa shape index (κ2) is 7.26. The molecule has 1 aliphatic heterocycles. The molecule has 2 atom stereocenters. The van der Waals surface area contributed by atoms with Crippen LogP contribution in [0, 0.1) is 5.82 Å². The molecule has 0 aliphatic carbocycles. The predicted octanol–water partition coefficient (Wildman–Crippen LogP) is 4.54. The van der Waals surface area contributed by atoms with Crippen LogP contribution in [0.25, 0.3) is 11.1 Å². The van der Waals surface area contributed by atoms with Gasteiger partial charge in [0.15, 0.2) is 0 Å².